The van der Waals surface area contributed by atoms with E-state index in [2.05, 4.69) is 20.6 Å². The topological polar surface area (TPSA) is 75.6 Å². The first kappa shape index (κ1) is 11.4. The first-order valence-corrected chi connectivity index (χ1v) is 5.53. The van der Waals surface area contributed by atoms with Crippen molar-refractivity contribution in [1.29, 1.82) is 0 Å². The van der Waals surface area contributed by atoms with Crippen molar-refractivity contribution in [2.45, 2.75) is 19.9 Å². The number of aromatic amines is 1. The Balaban J connectivity index is 1.70. The Morgan fingerprint density at radius 1 is 1.59 bits per heavy atom. The number of hydrogen-bond donors (Lipinski definition) is 2. The lowest BCUT2D eigenvalue weighted by molar-refractivity contribution is 0.0947. The fourth-order valence-electron chi connectivity index (χ4n) is 1.50. The molecule has 0 aromatic carbocycles. The van der Waals surface area contributed by atoms with Crippen LogP contribution in [0.15, 0.2) is 24.5 Å². The van der Waals surface area contributed by atoms with Crippen LogP contribution in [0, 0.1) is 6.92 Å². The van der Waals surface area contributed by atoms with Crippen LogP contribution in [-0.2, 0) is 6.54 Å². The van der Waals surface area contributed by atoms with E-state index in [-0.39, 0.29) is 5.91 Å². The molecule has 0 saturated heterocycles. The van der Waals surface area contributed by atoms with Crippen LogP contribution in [-0.4, -0.2) is 32.4 Å². The monoisotopic (exact) mass is 233 g/mol. The Morgan fingerprint density at radius 2 is 2.47 bits per heavy atom. The molecule has 0 aliphatic heterocycles. The first-order chi connectivity index (χ1) is 8.25. The molecule has 0 unspecified atom stereocenters. The van der Waals surface area contributed by atoms with E-state index in [9.17, 15) is 4.79 Å². The first-order valence-electron chi connectivity index (χ1n) is 5.53. The summed E-state index contributed by atoms with van der Waals surface area (Å²) >= 11 is 0. The van der Waals surface area contributed by atoms with Gasteiger partial charge in [-0.2, -0.15) is 10.2 Å². The molecule has 0 saturated carbocycles. The van der Waals surface area contributed by atoms with Crippen molar-refractivity contribution < 1.29 is 4.79 Å². The number of H-pyrrole nitrogens is 1. The van der Waals surface area contributed by atoms with E-state index in [1.165, 1.54) is 0 Å². The van der Waals surface area contributed by atoms with Gasteiger partial charge in [0.05, 0.1) is 0 Å². The summed E-state index contributed by atoms with van der Waals surface area (Å²) in [4.78, 5) is 11.6. The molecule has 0 fully saturated rings. The highest BCUT2D eigenvalue weighted by Gasteiger charge is 2.07. The van der Waals surface area contributed by atoms with Crippen molar-refractivity contribution >= 4 is 5.91 Å². The molecule has 2 aromatic rings. The van der Waals surface area contributed by atoms with E-state index in [1.54, 1.807) is 12.3 Å². The van der Waals surface area contributed by atoms with Crippen LogP contribution in [0.4, 0.5) is 0 Å². The van der Waals surface area contributed by atoms with Gasteiger partial charge in [0.2, 0.25) is 0 Å². The van der Waals surface area contributed by atoms with Gasteiger partial charge in [0.25, 0.3) is 5.91 Å². The van der Waals surface area contributed by atoms with Crippen LogP contribution in [0.3, 0.4) is 0 Å². The molecule has 90 valence electrons. The summed E-state index contributed by atoms with van der Waals surface area (Å²) in [5, 5.41) is 13.5. The van der Waals surface area contributed by atoms with Gasteiger partial charge in [0.15, 0.2) is 0 Å². The van der Waals surface area contributed by atoms with E-state index in [0.717, 1.165) is 18.7 Å². The van der Waals surface area contributed by atoms with Gasteiger partial charge in [-0.25, -0.2) is 0 Å². The second-order valence-electron chi connectivity index (χ2n) is 3.81. The van der Waals surface area contributed by atoms with Crippen LogP contribution in [0.2, 0.25) is 0 Å². The van der Waals surface area contributed by atoms with Gasteiger partial charge in [-0.3, -0.25) is 14.6 Å². The Labute approximate surface area is 99.0 Å². The maximum absolute atomic E-state index is 11.6. The quantitative estimate of drug-likeness (QED) is 0.748. The summed E-state index contributed by atoms with van der Waals surface area (Å²) in [6.07, 6.45) is 4.49. The fourth-order valence-corrected chi connectivity index (χ4v) is 1.50. The SMILES string of the molecule is Cc1cc(C(=O)NCCCn2cccn2)n[nH]1. The predicted octanol–water partition coefficient (Wildman–Crippen LogP) is 0.735. The molecule has 6 heteroatoms. The van der Waals surface area contributed by atoms with Crippen molar-refractivity contribution in [3.63, 3.8) is 0 Å². The number of hydrogen-bond acceptors (Lipinski definition) is 3. The molecule has 2 aromatic heterocycles. The molecular formula is C11H15N5O. The van der Waals surface area contributed by atoms with Gasteiger partial charge in [-0.05, 0) is 25.5 Å². The van der Waals surface area contributed by atoms with E-state index in [4.69, 9.17) is 0 Å². The molecule has 0 radical (unpaired) electrons. The van der Waals surface area contributed by atoms with Gasteiger partial charge in [0, 0.05) is 31.2 Å². The van der Waals surface area contributed by atoms with E-state index in [1.807, 2.05) is 23.9 Å². The van der Waals surface area contributed by atoms with Gasteiger partial charge in [-0.15, -0.1) is 0 Å². The summed E-state index contributed by atoms with van der Waals surface area (Å²) in [5.41, 5.74) is 1.31. The fraction of sp³-hybridized carbons (Fsp3) is 0.364. The molecule has 2 N–H and O–H groups in total. The molecule has 17 heavy (non-hydrogen) atoms. The van der Waals surface area contributed by atoms with Crippen molar-refractivity contribution in [3.05, 3.63) is 35.9 Å². The lowest BCUT2D eigenvalue weighted by Gasteiger charge is -2.03. The van der Waals surface area contributed by atoms with Crippen LogP contribution >= 0.6 is 0 Å². The van der Waals surface area contributed by atoms with Gasteiger partial charge >= 0.3 is 0 Å². The second-order valence-corrected chi connectivity index (χ2v) is 3.81. The number of rotatable bonds is 5. The predicted molar refractivity (Wildman–Crippen MR) is 62.5 cm³/mol. The number of aromatic nitrogens is 4. The Kier molecular flexibility index (Phi) is 3.54. The minimum Gasteiger partial charge on any atom is -0.351 e. The summed E-state index contributed by atoms with van der Waals surface area (Å²) in [7, 11) is 0. The molecule has 0 aliphatic carbocycles. The third-order valence-corrected chi connectivity index (χ3v) is 2.35. The van der Waals surface area contributed by atoms with Crippen molar-refractivity contribution in [2.24, 2.45) is 0 Å². The molecule has 2 heterocycles. The maximum Gasteiger partial charge on any atom is 0.271 e. The standard InChI is InChI=1S/C11H15N5O/c1-9-8-10(15-14-9)11(17)12-4-2-6-16-7-3-5-13-16/h3,5,7-8H,2,4,6H2,1H3,(H,12,17)(H,14,15). The van der Waals surface area contributed by atoms with E-state index in [0.29, 0.717) is 12.2 Å². The zero-order valence-electron chi connectivity index (χ0n) is 9.68. The molecule has 0 atom stereocenters. The number of carbonyl (C=O) groups excluding carboxylic acids is 1. The van der Waals surface area contributed by atoms with E-state index >= 15 is 0 Å². The highest BCUT2D eigenvalue weighted by molar-refractivity contribution is 5.92. The lowest BCUT2D eigenvalue weighted by Crippen LogP contribution is -2.25. The average molecular weight is 233 g/mol. The van der Waals surface area contributed by atoms with Crippen LogP contribution in [0.25, 0.3) is 0 Å². The molecule has 2 rings (SSSR count). The average Bonchev–Trinajstić information content (AvgIpc) is 2.95. The highest BCUT2D eigenvalue weighted by atomic mass is 16.1. The van der Waals surface area contributed by atoms with Crippen molar-refractivity contribution in [1.82, 2.24) is 25.3 Å². The molecule has 0 spiro atoms. The number of nitrogens with one attached hydrogen (secondary N) is 2. The highest BCUT2D eigenvalue weighted by Crippen LogP contribution is 1.97. The summed E-state index contributed by atoms with van der Waals surface area (Å²) in [6.45, 7) is 3.28. The smallest absolute Gasteiger partial charge is 0.271 e. The molecular weight excluding hydrogens is 218 g/mol. The number of aryl methyl sites for hydroxylation is 2. The summed E-state index contributed by atoms with van der Waals surface area (Å²) in [6, 6.07) is 3.61. The van der Waals surface area contributed by atoms with Crippen molar-refractivity contribution in [2.75, 3.05) is 6.54 Å². The normalized spacial score (nSPS) is 10.4. The summed E-state index contributed by atoms with van der Waals surface area (Å²) in [5.74, 6) is -0.144. The maximum atomic E-state index is 11.6. The number of carbonyl (C=O) groups is 1. The van der Waals surface area contributed by atoms with Gasteiger partial charge in [-0.1, -0.05) is 0 Å². The third-order valence-electron chi connectivity index (χ3n) is 2.35. The number of nitrogens with zero attached hydrogens (tertiary/aromatic N) is 3. The molecule has 6 nitrogen and oxygen atoms in total. The Hall–Kier alpha value is -2.11. The van der Waals surface area contributed by atoms with Crippen LogP contribution in [0.1, 0.15) is 22.6 Å². The zero-order valence-corrected chi connectivity index (χ0v) is 9.68. The Morgan fingerprint density at radius 3 is 3.12 bits per heavy atom. The second kappa shape index (κ2) is 5.29. The number of amides is 1. The van der Waals surface area contributed by atoms with Gasteiger partial charge in [0.1, 0.15) is 5.69 Å². The van der Waals surface area contributed by atoms with Gasteiger partial charge < -0.3 is 5.32 Å². The third kappa shape index (κ3) is 3.17. The molecule has 1 amide bonds. The largest absolute Gasteiger partial charge is 0.351 e. The minimum atomic E-state index is -0.144. The molecule has 0 bridgehead atoms. The van der Waals surface area contributed by atoms with E-state index < -0.39 is 0 Å². The minimum absolute atomic E-state index is 0.144. The van der Waals surface area contributed by atoms with Crippen molar-refractivity contribution in [3.8, 4) is 0 Å². The van der Waals surface area contributed by atoms with Crippen LogP contribution in [0.5, 0.6) is 0 Å². The Bertz CT molecular complexity index is 474. The zero-order chi connectivity index (χ0) is 12.1. The van der Waals surface area contributed by atoms with Crippen LogP contribution < -0.4 is 5.32 Å². The summed E-state index contributed by atoms with van der Waals surface area (Å²) < 4.78 is 1.84. The molecule has 0 aliphatic rings. The lowest BCUT2D eigenvalue weighted by atomic mass is 10.3.